The summed E-state index contributed by atoms with van der Waals surface area (Å²) >= 11 is 0. The number of aliphatic hydroxyl groups excluding tert-OH is 1. The third-order valence-corrected chi connectivity index (χ3v) is 1.70. The second kappa shape index (κ2) is 4.61. The second-order valence-electron chi connectivity index (χ2n) is 2.72. The monoisotopic (exact) mass is 183 g/mol. The Morgan fingerprint density at radius 1 is 1.77 bits per heavy atom. The number of imidazole rings is 1. The molecule has 13 heavy (non-hydrogen) atoms. The molecule has 5 heteroatoms. The predicted octanol–water partition coefficient (Wildman–Crippen LogP) is 0.212. The van der Waals surface area contributed by atoms with E-state index >= 15 is 0 Å². The first-order valence-corrected chi connectivity index (χ1v) is 4.18. The van der Waals surface area contributed by atoms with Crippen LogP contribution in [0.5, 0.6) is 0 Å². The van der Waals surface area contributed by atoms with Crippen molar-refractivity contribution in [3.63, 3.8) is 0 Å². The Morgan fingerprint density at radius 3 is 3.08 bits per heavy atom. The Morgan fingerprint density at radius 2 is 2.54 bits per heavy atom. The topological polar surface area (TPSA) is 67.2 Å². The fourth-order valence-corrected chi connectivity index (χ4v) is 0.820. The van der Waals surface area contributed by atoms with Gasteiger partial charge in [0.1, 0.15) is 6.33 Å². The van der Waals surface area contributed by atoms with Crippen molar-refractivity contribution in [2.45, 2.75) is 19.4 Å². The van der Waals surface area contributed by atoms with Gasteiger partial charge < -0.3 is 10.4 Å². The molecule has 0 aliphatic rings. The Labute approximate surface area is 76.4 Å². The van der Waals surface area contributed by atoms with Crippen LogP contribution in [0.1, 0.15) is 13.3 Å². The highest BCUT2D eigenvalue weighted by Gasteiger charge is 2.05. The van der Waals surface area contributed by atoms with Gasteiger partial charge >= 0.3 is 6.03 Å². The first-order chi connectivity index (χ1) is 6.24. The number of hydrogen-bond donors (Lipinski definition) is 2. The molecule has 0 aliphatic carbocycles. The van der Waals surface area contributed by atoms with Crippen molar-refractivity contribution >= 4 is 6.03 Å². The average Bonchev–Trinajstić information content (AvgIpc) is 2.66. The van der Waals surface area contributed by atoms with Crippen molar-refractivity contribution in [2.24, 2.45) is 0 Å². The quantitative estimate of drug-likeness (QED) is 0.704. The van der Waals surface area contributed by atoms with E-state index in [2.05, 4.69) is 10.3 Å². The van der Waals surface area contributed by atoms with E-state index in [0.29, 0.717) is 6.42 Å². The van der Waals surface area contributed by atoms with E-state index < -0.39 is 6.10 Å². The van der Waals surface area contributed by atoms with Crippen LogP contribution in [0.4, 0.5) is 4.79 Å². The van der Waals surface area contributed by atoms with Crippen molar-refractivity contribution in [1.29, 1.82) is 0 Å². The maximum Gasteiger partial charge on any atom is 0.326 e. The van der Waals surface area contributed by atoms with E-state index in [1.807, 2.05) is 6.92 Å². The lowest BCUT2D eigenvalue weighted by molar-refractivity contribution is 0.166. The van der Waals surface area contributed by atoms with Gasteiger partial charge in [-0.05, 0) is 6.42 Å². The summed E-state index contributed by atoms with van der Waals surface area (Å²) in [7, 11) is 0. The van der Waals surface area contributed by atoms with Crippen LogP contribution in [-0.4, -0.2) is 33.3 Å². The van der Waals surface area contributed by atoms with E-state index in [1.165, 1.54) is 17.1 Å². The van der Waals surface area contributed by atoms with Gasteiger partial charge in [-0.25, -0.2) is 9.78 Å². The molecule has 1 amide bonds. The molecule has 72 valence electrons. The molecule has 0 aliphatic heterocycles. The Bertz CT molecular complexity index is 258. The molecule has 0 radical (unpaired) electrons. The van der Waals surface area contributed by atoms with Gasteiger partial charge in [0.25, 0.3) is 0 Å². The standard InChI is InChI=1S/C8H13N3O2/c1-2-7(12)5-10-8(13)11-4-3-9-6-11/h3-4,6-7,12H,2,5H2,1H3,(H,10,13). The van der Waals surface area contributed by atoms with Gasteiger partial charge in [0.05, 0.1) is 6.10 Å². The van der Waals surface area contributed by atoms with Gasteiger partial charge in [0.2, 0.25) is 0 Å². The fourth-order valence-electron chi connectivity index (χ4n) is 0.820. The summed E-state index contributed by atoms with van der Waals surface area (Å²) in [5, 5.41) is 11.7. The maximum absolute atomic E-state index is 11.2. The van der Waals surface area contributed by atoms with Crippen LogP contribution in [0.3, 0.4) is 0 Å². The van der Waals surface area contributed by atoms with Gasteiger partial charge in [0.15, 0.2) is 0 Å². The maximum atomic E-state index is 11.2. The van der Waals surface area contributed by atoms with Gasteiger partial charge in [-0.3, -0.25) is 4.57 Å². The minimum absolute atomic E-state index is 0.271. The number of carbonyl (C=O) groups is 1. The summed E-state index contributed by atoms with van der Waals surface area (Å²) in [4.78, 5) is 15.0. The first kappa shape index (κ1) is 9.73. The molecule has 1 aromatic heterocycles. The molecule has 1 rings (SSSR count). The van der Waals surface area contributed by atoms with Crippen LogP contribution in [0.25, 0.3) is 0 Å². The van der Waals surface area contributed by atoms with Crippen LogP contribution in [0, 0.1) is 0 Å². The number of nitrogens with one attached hydrogen (secondary N) is 1. The molecular weight excluding hydrogens is 170 g/mol. The molecule has 1 unspecified atom stereocenters. The molecule has 1 atom stereocenters. The fraction of sp³-hybridized carbons (Fsp3) is 0.500. The van der Waals surface area contributed by atoms with E-state index in [0.717, 1.165) is 0 Å². The Kier molecular flexibility index (Phi) is 3.45. The van der Waals surface area contributed by atoms with E-state index in [4.69, 9.17) is 5.11 Å². The van der Waals surface area contributed by atoms with E-state index in [1.54, 1.807) is 6.20 Å². The number of carbonyl (C=O) groups excluding carboxylic acids is 1. The summed E-state index contributed by atoms with van der Waals surface area (Å²) < 4.78 is 1.32. The lowest BCUT2D eigenvalue weighted by Crippen LogP contribution is -2.34. The van der Waals surface area contributed by atoms with Crippen molar-refractivity contribution in [1.82, 2.24) is 14.9 Å². The third kappa shape index (κ3) is 2.87. The van der Waals surface area contributed by atoms with Crippen LogP contribution in [-0.2, 0) is 0 Å². The molecular formula is C8H13N3O2. The zero-order chi connectivity index (χ0) is 9.68. The normalized spacial score (nSPS) is 12.5. The molecule has 0 aromatic carbocycles. The Balaban J connectivity index is 2.35. The lowest BCUT2D eigenvalue weighted by Gasteiger charge is -2.08. The SMILES string of the molecule is CCC(O)CNC(=O)n1ccnc1. The first-order valence-electron chi connectivity index (χ1n) is 4.18. The summed E-state index contributed by atoms with van der Waals surface area (Å²) in [6.07, 6.45) is 4.63. The molecule has 5 nitrogen and oxygen atoms in total. The highest BCUT2D eigenvalue weighted by Crippen LogP contribution is 1.88. The van der Waals surface area contributed by atoms with Crippen molar-refractivity contribution in [3.8, 4) is 0 Å². The number of aliphatic hydroxyl groups is 1. The number of aromatic nitrogens is 2. The van der Waals surface area contributed by atoms with Crippen LogP contribution in [0.15, 0.2) is 18.7 Å². The van der Waals surface area contributed by atoms with Gasteiger partial charge in [-0.2, -0.15) is 0 Å². The van der Waals surface area contributed by atoms with Crippen molar-refractivity contribution in [2.75, 3.05) is 6.54 Å². The number of nitrogens with zero attached hydrogens (tertiary/aromatic N) is 2. The van der Waals surface area contributed by atoms with Crippen LogP contribution in [0.2, 0.25) is 0 Å². The number of rotatable bonds is 3. The molecule has 0 saturated heterocycles. The van der Waals surface area contributed by atoms with Crippen LogP contribution < -0.4 is 5.32 Å². The smallest absolute Gasteiger partial charge is 0.326 e. The average molecular weight is 183 g/mol. The van der Waals surface area contributed by atoms with Gasteiger partial charge in [-0.15, -0.1) is 0 Å². The summed E-state index contributed by atoms with van der Waals surface area (Å²) in [6, 6.07) is -0.273. The Hall–Kier alpha value is -1.36. The largest absolute Gasteiger partial charge is 0.391 e. The number of hydrogen-bond acceptors (Lipinski definition) is 3. The summed E-state index contributed by atoms with van der Waals surface area (Å²) in [5.41, 5.74) is 0. The van der Waals surface area contributed by atoms with E-state index in [-0.39, 0.29) is 12.6 Å². The summed E-state index contributed by atoms with van der Waals surface area (Å²) in [5.74, 6) is 0. The van der Waals surface area contributed by atoms with Crippen LogP contribution >= 0.6 is 0 Å². The molecule has 0 fully saturated rings. The summed E-state index contributed by atoms with van der Waals surface area (Å²) in [6.45, 7) is 2.13. The minimum atomic E-state index is -0.479. The third-order valence-electron chi connectivity index (χ3n) is 1.70. The number of amides is 1. The van der Waals surface area contributed by atoms with Gasteiger partial charge in [-0.1, -0.05) is 6.92 Å². The van der Waals surface area contributed by atoms with Crippen molar-refractivity contribution in [3.05, 3.63) is 18.7 Å². The van der Waals surface area contributed by atoms with Crippen molar-refractivity contribution < 1.29 is 9.90 Å². The molecule has 0 bridgehead atoms. The zero-order valence-electron chi connectivity index (χ0n) is 7.47. The zero-order valence-corrected chi connectivity index (χ0v) is 7.47. The molecule has 0 spiro atoms. The minimum Gasteiger partial charge on any atom is -0.391 e. The second-order valence-corrected chi connectivity index (χ2v) is 2.72. The highest BCUT2D eigenvalue weighted by molar-refractivity contribution is 5.76. The van der Waals surface area contributed by atoms with E-state index in [9.17, 15) is 4.79 Å². The molecule has 2 N–H and O–H groups in total. The van der Waals surface area contributed by atoms with Gasteiger partial charge in [0, 0.05) is 18.9 Å². The predicted molar refractivity (Wildman–Crippen MR) is 47.3 cm³/mol. The lowest BCUT2D eigenvalue weighted by atomic mass is 10.3. The molecule has 0 saturated carbocycles. The highest BCUT2D eigenvalue weighted by atomic mass is 16.3. The molecule has 1 aromatic rings. The molecule has 1 heterocycles.